The molecule has 1 nitrogen and oxygen atoms in total. The van der Waals surface area contributed by atoms with Crippen molar-refractivity contribution in [3.05, 3.63) is 59.2 Å². The van der Waals surface area contributed by atoms with Crippen molar-refractivity contribution in [2.75, 3.05) is 6.26 Å². The van der Waals surface area contributed by atoms with Crippen LogP contribution >= 0.6 is 17.7 Å². The molecule has 2 aromatic rings. The number of rotatable bonds is 3. The van der Waals surface area contributed by atoms with Gasteiger partial charge in [-0.2, -0.15) is 0 Å². The second kappa shape index (κ2) is 5.56. The average Bonchev–Trinajstić information content (AvgIpc) is 2.38. The molecule has 0 saturated heterocycles. The third-order valence-electron chi connectivity index (χ3n) is 3.28. The molecular formula is C16H19OPS. The Hall–Kier alpha value is -0.980. The van der Waals surface area contributed by atoms with Gasteiger partial charge in [0.05, 0.1) is 0 Å². The van der Waals surface area contributed by atoms with Gasteiger partial charge in [0, 0.05) is 10.6 Å². The fraction of sp³-hybridized carbons (Fsp3) is 0.250. The maximum atomic E-state index is 13.5. The van der Waals surface area contributed by atoms with E-state index in [4.69, 9.17) is 0 Å². The van der Waals surface area contributed by atoms with Crippen molar-refractivity contribution in [2.24, 2.45) is 0 Å². The van der Waals surface area contributed by atoms with Crippen LogP contribution in [-0.2, 0) is 4.57 Å². The van der Waals surface area contributed by atoms with E-state index in [1.165, 1.54) is 16.9 Å². The molecule has 0 spiro atoms. The lowest BCUT2D eigenvalue weighted by Gasteiger charge is -2.21. The van der Waals surface area contributed by atoms with E-state index >= 15 is 0 Å². The van der Waals surface area contributed by atoms with Crippen LogP contribution in [0.4, 0.5) is 0 Å². The molecule has 0 unspecified atom stereocenters. The first-order valence-corrected chi connectivity index (χ1v) is 9.82. The van der Waals surface area contributed by atoms with Crippen molar-refractivity contribution < 1.29 is 4.57 Å². The first-order valence-electron chi connectivity index (χ1n) is 6.29. The van der Waals surface area contributed by atoms with Gasteiger partial charge in [-0.3, -0.25) is 0 Å². The van der Waals surface area contributed by atoms with Gasteiger partial charge in [-0.15, -0.1) is 0 Å². The quantitative estimate of drug-likeness (QED) is 0.788. The summed E-state index contributed by atoms with van der Waals surface area (Å²) in [5.74, 6) is 0. The van der Waals surface area contributed by atoms with Crippen molar-refractivity contribution in [1.82, 2.24) is 0 Å². The minimum atomic E-state index is -2.58. The smallest absolute Gasteiger partial charge is 0.195 e. The Balaban J connectivity index is 2.71. The Kier molecular flexibility index (Phi) is 4.23. The molecule has 2 rings (SSSR count). The third-order valence-corrected chi connectivity index (χ3v) is 8.79. The van der Waals surface area contributed by atoms with Crippen LogP contribution in [0.25, 0.3) is 0 Å². The lowest BCUT2D eigenvalue weighted by Crippen LogP contribution is -2.19. The number of hydrogen-bond donors (Lipinski definition) is 0. The number of benzene rings is 2. The molecule has 0 radical (unpaired) electrons. The predicted molar refractivity (Wildman–Crippen MR) is 87.5 cm³/mol. The van der Waals surface area contributed by atoms with Gasteiger partial charge >= 0.3 is 0 Å². The zero-order chi connectivity index (χ0) is 14.0. The second-order valence-corrected chi connectivity index (χ2v) is 9.89. The van der Waals surface area contributed by atoms with Crippen LogP contribution < -0.4 is 10.6 Å². The highest BCUT2D eigenvalue weighted by Gasteiger charge is 2.29. The summed E-state index contributed by atoms with van der Waals surface area (Å²) in [7, 11) is 0. The van der Waals surface area contributed by atoms with Crippen molar-refractivity contribution in [3.8, 4) is 0 Å². The van der Waals surface area contributed by atoms with E-state index in [-0.39, 0.29) is 0 Å². The Bertz CT molecular complexity index is 611. The average molecular weight is 290 g/mol. The maximum Gasteiger partial charge on any atom is 0.195 e. The topological polar surface area (TPSA) is 17.1 Å². The fourth-order valence-corrected chi connectivity index (χ4v) is 7.27. The van der Waals surface area contributed by atoms with Crippen LogP contribution in [0.2, 0.25) is 0 Å². The van der Waals surface area contributed by atoms with Crippen LogP contribution in [0, 0.1) is 20.8 Å². The van der Waals surface area contributed by atoms with Crippen LogP contribution in [0.1, 0.15) is 16.7 Å². The molecule has 0 aliphatic rings. The summed E-state index contributed by atoms with van der Waals surface area (Å²) in [6.07, 6.45) is -0.646. The van der Waals surface area contributed by atoms with E-state index in [0.717, 1.165) is 21.7 Å². The molecule has 2 aromatic carbocycles. The van der Waals surface area contributed by atoms with E-state index < -0.39 is 6.34 Å². The van der Waals surface area contributed by atoms with Gasteiger partial charge in [0.25, 0.3) is 0 Å². The van der Waals surface area contributed by atoms with E-state index in [1.807, 2.05) is 36.6 Å². The summed E-state index contributed by atoms with van der Waals surface area (Å²) in [6, 6.07) is 14.0. The van der Waals surface area contributed by atoms with Gasteiger partial charge in [-0.1, -0.05) is 59.4 Å². The molecule has 0 amide bonds. The van der Waals surface area contributed by atoms with Crippen LogP contribution in [-0.4, -0.2) is 6.26 Å². The second-order valence-electron chi connectivity index (χ2n) is 4.82. The fourth-order valence-electron chi connectivity index (χ4n) is 2.59. The number of aryl methyl sites for hydroxylation is 3. The van der Waals surface area contributed by atoms with Crippen molar-refractivity contribution in [3.63, 3.8) is 0 Å². The van der Waals surface area contributed by atoms with Crippen LogP contribution in [0.15, 0.2) is 42.5 Å². The van der Waals surface area contributed by atoms with Gasteiger partial charge in [-0.05, 0) is 38.2 Å². The zero-order valence-corrected chi connectivity index (χ0v) is 13.5. The Morgan fingerprint density at radius 1 is 0.947 bits per heavy atom. The summed E-state index contributed by atoms with van der Waals surface area (Å²) >= 11 is 1.47. The van der Waals surface area contributed by atoms with Gasteiger partial charge in [0.2, 0.25) is 0 Å². The number of hydrogen-bond acceptors (Lipinski definition) is 2. The highest BCUT2D eigenvalue weighted by molar-refractivity contribution is 8.62. The minimum absolute atomic E-state index is 0.928. The van der Waals surface area contributed by atoms with E-state index in [9.17, 15) is 4.57 Å². The van der Waals surface area contributed by atoms with Gasteiger partial charge in [-0.25, -0.2) is 0 Å². The summed E-state index contributed by atoms with van der Waals surface area (Å²) < 4.78 is 13.5. The van der Waals surface area contributed by atoms with Crippen LogP contribution in [0.5, 0.6) is 0 Å². The predicted octanol–water partition coefficient (Wildman–Crippen LogP) is 4.20. The van der Waals surface area contributed by atoms with Crippen molar-refractivity contribution >= 4 is 28.3 Å². The van der Waals surface area contributed by atoms with E-state index in [2.05, 4.69) is 32.9 Å². The van der Waals surface area contributed by atoms with E-state index in [1.54, 1.807) is 0 Å². The van der Waals surface area contributed by atoms with Gasteiger partial charge in [0.15, 0.2) is 6.34 Å². The highest BCUT2D eigenvalue weighted by atomic mass is 32.7. The summed E-state index contributed by atoms with van der Waals surface area (Å²) in [6.45, 7) is 6.19. The largest absolute Gasteiger partial charge is 0.302 e. The summed E-state index contributed by atoms with van der Waals surface area (Å²) in [5, 5.41) is 1.94. The molecule has 0 heterocycles. The van der Waals surface area contributed by atoms with Crippen molar-refractivity contribution in [1.29, 1.82) is 0 Å². The van der Waals surface area contributed by atoms with Gasteiger partial charge in [0.1, 0.15) is 0 Å². The molecule has 0 saturated carbocycles. The third kappa shape index (κ3) is 2.66. The molecule has 0 N–H and O–H groups in total. The monoisotopic (exact) mass is 290 g/mol. The highest BCUT2D eigenvalue weighted by Crippen LogP contribution is 2.56. The van der Waals surface area contributed by atoms with Gasteiger partial charge < -0.3 is 4.57 Å². The molecule has 3 heteroatoms. The lowest BCUT2D eigenvalue weighted by atomic mass is 10.1. The minimum Gasteiger partial charge on any atom is -0.302 e. The first kappa shape index (κ1) is 14.4. The molecule has 0 aliphatic carbocycles. The van der Waals surface area contributed by atoms with E-state index in [0.29, 0.717) is 0 Å². The van der Waals surface area contributed by atoms with Crippen molar-refractivity contribution in [2.45, 2.75) is 20.8 Å². The SMILES string of the molecule is CS[P@@](=O)(c1ccccc1)c1c(C)cc(C)cc1C. The Morgan fingerprint density at radius 2 is 1.47 bits per heavy atom. The summed E-state index contributed by atoms with van der Waals surface area (Å²) in [5.41, 5.74) is 3.47. The normalized spacial score (nSPS) is 14.1. The molecular weight excluding hydrogens is 271 g/mol. The Morgan fingerprint density at radius 3 is 1.95 bits per heavy atom. The molecule has 1 atom stereocenters. The maximum absolute atomic E-state index is 13.5. The zero-order valence-electron chi connectivity index (χ0n) is 11.8. The Labute approximate surface area is 119 Å². The standard InChI is InChI=1S/C16H19OPS/c1-12-10-13(2)16(14(3)11-12)18(17,19-4)15-8-6-5-7-9-15/h5-11H,1-4H3/t18-/m0/s1. The summed E-state index contributed by atoms with van der Waals surface area (Å²) in [4.78, 5) is 0. The molecule has 0 aromatic heterocycles. The molecule has 0 aliphatic heterocycles. The molecule has 0 fully saturated rings. The van der Waals surface area contributed by atoms with Crippen LogP contribution in [0.3, 0.4) is 0 Å². The molecule has 100 valence electrons. The first-order chi connectivity index (χ1) is 8.99. The molecule has 0 bridgehead atoms. The lowest BCUT2D eigenvalue weighted by molar-refractivity contribution is 0.595. The molecule has 19 heavy (non-hydrogen) atoms.